The second-order valence-corrected chi connectivity index (χ2v) is 5.10. The van der Waals surface area contributed by atoms with Gasteiger partial charge in [-0.05, 0) is 25.1 Å². The zero-order valence-electron chi connectivity index (χ0n) is 13.6. The molecule has 3 amide bonds. The van der Waals surface area contributed by atoms with Gasteiger partial charge < -0.3 is 15.2 Å². The summed E-state index contributed by atoms with van der Waals surface area (Å²) in [5, 5.41) is 14.0. The van der Waals surface area contributed by atoms with Crippen molar-refractivity contribution < 1.29 is 24.2 Å². The molecule has 2 aromatic carbocycles. The van der Waals surface area contributed by atoms with Gasteiger partial charge in [0.15, 0.2) is 0 Å². The van der Waals surface area contributed by atoms with Crippen molar-refractivity contribution in [3.05, 3.63) is 65.7 Å². The molecule has 25 heavy (non-hydrogen) atoms. The fraction of sp³-hybridized carbons (Fsp3) is 0.167. The number of hydrogen-bond donors (Lipinski definition) is 3. The number of aromatic hydroxyl groups is 1. The van der Waals surface area contributed by atoms with Gasteiger partial charge in [0.05, 0.1) is 5.56 Å². The van der Waals surface area contributed by atoms with Gasteiger partial charge in [-0.15, -0.1) is 0 Å². The minimum atomic E-state index is -1.31. The molecule has 0 spiro atoms. The smallest absolute Gasteiger partial charge is 0.339 e. The summed E-state index contributed by atoms with van der Waals surface area (Å²) >= 11 is 0. The van der Waals surface area contributed by atoms with E-state index in [2.05, 4.69) is 10.6 Å². The number of rotatable bonds is 5. The van der Waals surface area contributed by atoms with Crippen molar-refractivity contribution in [3.63, 3.8) is 0 Å². The van der Waals surface area contributed by atoms with Gasteiger partial charge in [0.25, 0.3) is 5.91 Å². The summed E-state index contributed by atoms with van der Waals surface area (Å²) in [5.41, 5.74) is 0.504. The van der Waals surface area contributed by atoms with E-state index < -0.39 is 24.0 Å². The maximum absolute atomic E-state index is 12.4. The van der Waals surface area contributed by atoms with E-state index in [9.17, 15) is 19.5 Å². The molecule has 2 aromatic rings. The average molecular weight is 342 g/mol. The monoisotopic (exact) mass is 342 g/mol. The molecule has 0 heterocycles. The number of phenols is 1. The molecule has 0 saturated carbocycles. The van der Waals surface area contributed by atoms with Gasteiger partial charge in [0.2, 0.25) is 6.10 Å². The number of hydrogen-bond acceptors (Lipinski definition) is 5. The fourth-order valence-electron chi connectivity index (χ4n) is 2.09. The Kier molecular flexibility index (Phi) is 6.11. The first-order valence-electron chi connectivity index (χ1n) is 7.65. The Balaban J connectivity index is 2.21. The van der Waals surface area contributed by atoms with E-state index in [-0.39, 0.29) is 11.3 Å². The second-order valence-electron chi connectivity index (χ2n) is 5.10. The number of benzene rings is 2. The predicted octanol–water partition coefficient (Wildman–Crippen LogP) is 2.14. The van der Waals surface area contributed by atoms with Gasteiger partial charge in [0.1, 0.15) is 5.75 Å². The number of ether oxygens (including phenoxy) is 1. The lowest BCUT2D eigenvalue weighted by Gasteiger charge is -2.17. The van der Waals surface area contributed by atoms with Crippen LogP contribution < -0.4 is 10.6 Å². The van der Waals surface area contributed by atoms with Gasteiger partial charge >= 0.3 is 12.0 Å². The summed E-state index contributed by atoms with van der Waals surface area (Å²) in [7, 11) is 0. The Morgan fingerprint density at radius 1 is 1.08 bits per heavy atom. The molecule has 0 aromatic heterocycles. The summed E-state index contributed by atoms with van der Waals surface area (Å²) in [6.45, 7) is 2.05. The molecule has 0 radical (unpaired) electrons. The summed E-state index contributed by atoms with van der Waals surface area (Å²) in [6, 6.07) is 13.2. The maximum atomic E-state index is 12.4. The highest BCUT2D eigenvalue weighted by molar-refractivity contribution is 5.99. The summed E-state index contributed by atoms with van der Waals surface area (Å²) in [5.74, 6) is -1.67. The third kappa shape index (κ3) is 5.07. The second kappa shape index (κ2) is 8.49. The molecular formula is C18H18N2O5. The van der Waals surface area contributed by atoms with Crippen molar-refractivity contribution in [2.75, 3.05) is 6.54 Å². The van der Waals surface area contributed by atoms with Crippen molar-refractivity contribution >= 4 is 17.9 Å². The molecule has 2 rings (SSSR count). The highest BCUT2D eigenvalue weighted by Crippen LogP contribution is 2.21. The number of phenolic OH excluding ortho intramolecular Hbond substituents is 1. The molecule has 7 heteroatoms. The van der Waals surface area contributed by atoms with Gasteiger partial charge in [-0.25, -0.2) is 9.59 Å². The number of carbonyl (C=O) groups is 3. The number of esters is 1. The van der Waals surface area contributed by atoms with E-state index in [4.69, 9.17) is 4.74 Å². The first-order chi connectivity index (χ1) is 12.0. The molecule has 1 unspecified atom stereocenters. The molecule has 0 saturated heterocycles. The normalized spacial score (nSPS) is 11.2. The van der Waals surface area contributed by atoms with Gasteiger partial charge in [-0.1, -0.05) is 36.4 Å². The molecule has 0 aliphatic heterocycles. The quantitative estimate of drug-likeness (QED) is 0.722. The van der Waals surface area contributed by atoms with Crippen LogP contribution in [0.15, 0.2) is 54.6 Å². The number of imide groups is 1. The number of amides is 3. The molecule has 0 aliphatic rings. The number of urea groups is 1. The van der Waals surface area contributed by atoms with Crippen LogP contribution in [0.4, 0.5) is 4.79 Å². The molecule has 0 fully saturated rings. The summed E-state index contributed by atoms with van der Waals surface area (Å²) in [4.78, 5) is 36.2. The van der Waals surface area contributed by atoms with Crippen LogP contribution in [0.3, 0.4) is 0 Å². The van der Waals surface area contributed by atoms with Crippen LogP contribution in [0.2, 0.25) is 0 Å². The van der Waals surface area contributed by atoms with Crippen LogP contribution in [0, 0.1) is 0 Å². The fourth-order valence-corrected chi connectivity index (χ4v) is 2.09. The third-order valence-corrected chi connectivity index (χ3v) is 3.22. The lowest BCUT2D eigenvalue weighted by molar-refractivity contribution is -0.129. The standard InChI is InChI=1S/C18H18N2O5/c1-2-19-18(24)20-16(22)15(12-7-4-3-5-8-12)25-17(23)13-9-6-10-14(21)11-13/h3-11,15,21H,2H2,1H3,(H2,19,20,22,24). The molecule has 130 valence electrons. The molecule has 1 atom stereocenters. The Bertz CT molecular complexity index is 761. The van der Waals surface area contributed by atoms with Crippen molar-refractivity contribution in [2.24, 2.45) is 0 Å². The van der Waals surface area contributed by atoms with Crippen LogP contribution in [0.5, 0.6) is 5.75 Å². The molecule has 0 bridgehead atoms. The maximum Gasteiger partial charge on any atom is 0.339 e. The van der Waals surface area contributed by atoms with Crippen LogP contribution in [0.1, 0.15) is 28.9 Å². The van der Waals surface area contributed by atoms with Gasteiger partial charge in [-0.2, -0.15) is 0 Å². The Morgan fingerprint density at radius 2 is 1.80 bits per heavy atom. The van der Waals surface area contributed by atoms with Crippen molar-refractivity contribution in [3.8, 4) is 5.75 Å². The van der Waals surface area contributed by atoms with Crippen LogP contribution in [0.25, 0.3) is 0 Å². The number of carbonyl (C=O) groups excluding carboxylic acids is 3. The molecule has 7 nitrogen and oxygen atoms in total. The Morgan fingerprint density at radius 3 is 2.44 bits per heavy atom. The van der Waals surface area contributed by atoms with E-state index in [0.717, 1.165) is 0 Å². The third-order valence-electron chi connectivity index (χ3n) is 3.22. The lowest BCUT2D eigenvalue weighted by atomic mass is 10.1. The topological polar surface area (TPSA) is 105 Å². The van der Waals surface area contributed by atoms with Gasteiger partial charge in [-0.3, -0.25) is 10.1 Å². The minimum absolute atomic E-state index is 0.0896. The average Bonchev–Trinajstić information content (AvgIpc) is 2.60. The minimum Gasteiger partial charge on any atom is -0.508 e. The highest BCUT2D eigenvalue weighted by atomic mass is 16.5. The van der Waals surface area contributed by atoms with Crippen LogP contribution in [-0.4, -0.2) is 29.6 Å². The van der Waals surface area contributed by atoms with Gasteiger partial charge in [0, 0.05) is 12.1 Å². The largest absolute Gasteiger partial charge is 0.508 e. The van der Waals surface area contributed by atoms with E-state index in [1.54, 1.807) is 37.3 Å². The van der Waals surface area contributed by atoms with E-state index in [1.807, 2.05) is 0 Å². The first-order valence-corrected chi connectivity index (χ1v) is 7.65. The van der Waals surface area contributed by atoms with Crippen LogP contribution in [-0.2, 0) is 9.53 Å². The summed E-state index contributed by atoms with van der Waals surface area (Å²) in [6.07, 6.45) is -1.31. The molecule has 3 N–H and O–H groups in total. The van der Waals surface area contributed by atoms with Crippen LogP contribution >= 0.6 is 0 Å². The van der Waals surface area contributed by atoms with Crippen molar-refractivity contribution in [2.45, 2.75) is 13.0 Å². The zero-order valence-corrected chi connectivity index (χ0v) is 13.6. The first kappa shape index (κ1) is 18.0. The zero-order chi connectivity index (χ0) is 18.2. The highest BCUT2D eigenvalue weighted by Gasteiger charge is 2.27. The number of nitrogens with one attached hydrogen (secondary N) is 2. The molecule has 0 aliphatic carbocycles. The van der Waals surface area contributed by atoms with E-state index in [1.165, 1.54) is 24.3 Å². The Hall–Kier alpha value is -3.35. The van der Waals surface area contributed by atoms with E-state index >= 15 is 0 Å². The molecular weight excluding hydrogens is 324 g/mol. The summed E-state index contributed by atoms with van der Waals surface area (Å²) < 4.78 is 5.28. The SMILES string of the molecule is CCNC(=O)NC(=O)C(OC(=O)c1cccc(O)c1)c1ccccc1. The lowest BCUT2D eigenvalue weighted by Crippen LogP contribution is -2.42. The predicted molar refractivity (Wildman–Crippen MR) is 89.9 cm³/mol. The van der Waals surface area contributed by atoms with E-state index in [0.29, 0.717) is 12.1 Å². The Labute approximate surface area is 144 Å². The van der Waals surface area contributed by atoms with Crippen molar-refractivity contribution in [1.29, 1.82) is 0 Å². The van der Waals surface area contributed by atoms with Crippen molar-refractivity contribution in [1.82, 2.24) is 10.6 Å².